The van der Waals surface area contributed by atoms with Crippen LogP contribution in [0.3, 0.4) is 0 Å². The summed E-state index contributed by atoms with van der Waals surface area (Å²) in [5.41, 5.74) is 5.98. The average molecular weight is 408 g/mol. The van der Waals surface area contributed by atoms with E-state index in [2.05, 4.69) is 10.0 Å². The maximum absolute atomic E-state index is 12.6. The van der Waals surface area contributed by atoms with Crippen LogP contribution in [-0.4, -0.2) is 26.3 Å². The second-order valence-electron chi connectivity index (χ2n) is 6.26. The molecule has 2 amide bonds. The number of hydrogen-bond donors (Lipinski definition) is 3. The Morgan fingerprint density at radius 2 is 1.78 bits per heavy atom. The van der Waals surface area contributed by atoms with Crippen LogP contribution in [0.5, 0.6) is 0 Å². The van der Waals surface area contributed by atoms with Gasteiger partial charge in [-0.15, -0.1) is 0 Å². The van der Waals surface area contributed by atoms with Crippen LogP contribution >= 0.6 is 11.6 Å². The number of rotatable bonds is 7. The predicted octanol–water partition coefficient (Wildman–Crippen LogP) is 1.74. The Morgan fingerprint density at radius 1 is 1.11 bits per heavy atom. The number of carbonyl (C=O) groups is 2. The largest absolute Gasteiger partial charge is 0.368 e. The molecular formula is C18H18ClN3O4S. The van der Waals surface area contributed by atoms with Gasteiger partial charge in [0.1, 0.15) is 10.9 Å². The lowest BCUT2D eigenvalue weighted by atomic mass is 10.1. The molecule has 1 aliphatic carbocycles. The topological polar surface area (TPSA) is 118 Å². The lowest BCUT2D eigenvalue weighted by molar-refractivity contribution is -0.120. The van der Waals surface area contributed by atoms with Crippen molar-refractivity contribution in [2.75, 3.05) is 0 Å². The van der Waals surface area contributed by atoms with E-state index in [1.807, 2.05) is 0 Å². The molecule has 0 saturated heterocycles. The SMILES string of the molecule is NC(=O)C(NC(=O)c1ccc(Cl)c(S(=O)(=O)NC2CC2)c1)c1ccccc1. The van der Waals surface area contributed by atoms with Crippen LogP contribution in [0.1, 0.15) is 34.8 Å². The van der Waals surface area contributed by atoms with E-state index in [1.54, 1.807) is 30.3 Å². The summed E-state index contributed by atoms with van der Waals surface area (Å²) in [7, 11) is -3.83. The number of amides is 2. The molecule has 0 bridgehead atoms. The number of halogens is 1. The van der Waals surface area contributed by atoms with E-state index in [0.717, 1.165) is 12.8 Å². The number of nitrogens with one attached hydrogen (secondary N) is 2. The van der Waals surface area contributed by atoms with Crippen molar-refractivity contribution >= 4 is 33.4 Å². The van der Waals surface area contributed by atoms with Gasteiger partial charge in [0.25, 0.3) is 5.91 Å². The lowest BCUT2D eigenvalue weighted by Crippen LogP contribution is -2.37. The highest BCUT2D eigenvalue weighted by atomic mass is 35.5. The van der Waals surface area contributed by atoms with Gasteiger partial charge in [0.15, 0.2) is 0 Å². The summed E-state index contributed by atoms with van der Waals surface area (Å²) in [6, 6.07) is 11.3. The predicted molar refractivity (Wildman–Crippen MR) is 101 cm³/mol. The Labute approximate surface area is 161 Å². The molecule has 1 atom stereocenters. The quantitative estimate of drug-likeness (QED) is 0.647. The Hall–Kier alpha value is -2.42. The molecule has 4 N–H and O–H groups in total. The molecule has 7 nitrogen and oxygen atoms in total. The molecular weight excluding hydrogens is 390 g/mol. The zero-order valence-corrected chi connectivity index (χ0v) is 15.8. The van der Waals surface area contributed by atoms with E-state index in [0.29, 0.717) is 5.56 Å². The van der Waals surface area contributed by atoms with Crippen molar-refractivity contribution in [2.24, 2.45) is 5.73 Å². The van der Waals surface area contributed by atoms with Gasteiger partial charge < -0.3 is 11.1 Å². The fourth-order valence-corrected chi connectivity index (χ4v) is 4.34. The van der Waals surface area contributed by atoms with Gasteiger partial charge in [-0.05, 0) is 36.6 Å². The molecule has 1 fully saturated rings. The summed E-state index contributed by atoms with van der Waals surface area (Å²) in [6.45, 7) is 0. The highest BCUT2D eigenvalue weighted by molar-refractivity contribution is 7.89. The summed E-state index contributed by atoms with van der Waals surface area (Å²) in [4.78, 5) is 24.2. The number of carbonyl (C=O) groups excluding carboxylic acids is 2. The third-order valence-electron chi connectivity index (χ3n) is 4.07. The first-order valence-corrected chi connectivity index (χ1v) is 10.1. The molecule has 9 heteroatoms. The third-order valence-corrected chi connectivity index (χ3v) is 6.08. The van der Waals surface area contributed by atoms with Crippen LogP contribution < -0.4 is 15.8 Å². The Morgan fingerprint density at radius 3 is 2.37 bits per heavy atom. The summed E-state index contributed by atoms with van der Waals surface area (Å²) in [5.74, 6) is -1.37. The zero-order chi connectivity index (χ0) is 19.6. The van der Waals surface area contributed by atoms with Crippen molar-refractivity contribution in [1.29, 1.82) is 0 Å². The lowest BCUT2D eigenvalue weighted by Gasteiger charge is -2.16. The monoisotopic (exact) mass is 407 g/mol. The minimum atomic E-state index is -3.83. The van der Waals surface area contributed by atoms with Gasteiger partial charge in [-0.3, -0.25) is 9.59 Å². The van der Waals surface area contributed by atoms with Crippen molar-refractivity contribution in [3.8, 4) is 0 Å². The van der Waals surface area contributed by atoms with Gasteiger partial charge >= 0.3 is 0 Å². The van der Waals surface area contributed by atoms with Crippen LogP contribution in [-0.2, 0) is 14.8 Å². The van der Waals surface area contributed by atoms with Gasteiger partial charge in [-0.25, -0.2) is 13.1 Å². The van der Waals surface area contributed by atoms with Crippen LogP contribution in [0, 0.1) is 0 Å². The van der Waals surface area contributed by atoms with Crippen LogP contribution in [0.4, 0.5) is 0 Å². The molecule has 3 rings (SSSR count). The van der Waals surface area contributed by atoms with Crippen LogP contribution in [0.2, 0.25) is 5.02 Å². The standard InChI is InChI=1S/C18H18ClN3O4S/c19-14-9-6-12(10-15(14)27(25,26)22-13-7-8-13)18(24)21-16(17(20)23)11-4-2-1-3-5-11/h1-6,9-10,13,16,22H,7-8H2,(H2,20,23)(H,21,24). The average Bonchev–Trinajstić information content (AvgIpc) is 3.43. The highest BCUT2D eigenvalue weighted by Crippen LogP contribution is 2.27. The third kappa shape index (κ3) is 4.65. The molecule has 0 aliphatic heterocycles. The first kappa shape index (κ1) is 19.3. The van der Waals surface area contributed by atoms with Crippen molar-refractivity contribution in [1.82, 2.24) is 10.0 Å². The van der Waals surface area contributed by atoms with Crippen molar-refractivity contribution in [3.63, 3.8) is 0 Å². The number of nitrogens with two attached hydrogens (primary N) is 1. The Kier molecular flexibility index (Phi) is 5.50. The van der Waals surface area contributed by atoms with E-state index < -0.39 is 27.9 Å². The second-order valence-corrected chi connectivity index (χ2v) is 8.35. The Bertz CT molecular complexity index is 975. The van der Waals surface area contributed by atoms with Gasteiger partial charge in [0, 0.05) is 11.6 Å². The van der Waals surface area contributed by atoms with Crippen LogP contribution in [0.15, 0.2) is 53.4 Å². The van der Waals surface area contributed by atoms with E-state index in [9.17, 15) is 18.0 Å². The van der Waals surface area contributed by atoms with Crippen LogP contribution in [0.25, 0.3) is 0 Å². The minimum Gasteiger partial charge on any atom is -0.368 e. The van der Waals surface area contributed by atoms with Gasteiger partial charge in [0.2, 0.25) is 15.9 Å². The summed E-state index contributed by atoms with van der Waals surface area (Å²) < 4.78 is 27.4. The van der Waals surface area contributed by atoms with E-state index >= 15 is 0 Å². The summed E-state index contributed by atoms with van der Waals surface area (Å²) >= 11 is 6.02. The number of hydrogen-bond acceptors (Lipinski definition) is 4. The minimum absolute atomic E-state index is 0.00853. The van der Waals surface area contributed by atoms with Crippen molar-refractivity contribution < 1.29 is 18.0 Å². The molecule has 1 unspecified atom stereocenters. The molecule has 27 heavy (non-hydrogen) atoms. The number of primary amides is 1. The van der Waals surface area contributed by atoms with Crippen molar-refractivity contribution in [3.05, 3.63) is 64.7 Å². The molecule has 1 saturated carbocycles. The molecule has 2 aromatic carbocycles. The smallest absolute Gasteiger partial charge is 0.252 e. The zero-order valence-electron chi connectivity index (χ0n) is 14.2. The molecule has 0 spiro atoms. The first-order valence-electron chi connectivity index (χ1n) is 8.25. The maximum Gasteiger partial charge on any atom is 0.252 e. The molecule has 2 aromatic rings. The van der Waals surface area contributed by atoms with E-state index in [-0.39, 0.29) is 21.5 Å². The number of sulfonamides is 1. The van der Waals surface area contributed by atoms with Gasteiger partial charge in [0.05, 0.1) is 5.02 Å². The van der Waals surface area contributed by atoms with E-state index in [1.165, 1.54) is 18.2 Å². The second kappa shape index (κ2) is 7.67. The van der Waals surface area contributed by atoms with E-state index in [4.69, 9.17) is 17.3 Å². The normalized spacial score (nSPS) is 15.1. The fourth-order valence-electron chi connectivity index (χ4n) is 2.51. The molecule has 0 aromatic heterocycles. The van der Waals surface area contributed by atoms with Gasteiger partial charge in [-0.1, -0.05) is 41.9 Å². The number of benzene rings is 2. The first-order chi connectivity index (χ1) is 12.8. The highest BCUT2D eigenvalue weighted by Gasteiger charge is 2.30. The molecule has 142 valence electrons. The summed E-state index contributed by atoms with van der Waals surface area (Å²) in [5, 5.41) is 2.54. The molecule has 1 aliphatic rings. The fraction of sp³-hybridized carbons (Fsp3) is 0.222. The molecule has 0 heterocycles. The summed E-state index contributed by atoms with van der Waals surface area (Å²) in [6.07, 6.45) is 1.54. The van der Waals surface area contributed by atoms with Gasteiger partial charge in [-0.2, -0.15) is 0 Å². The van der Waals surface area contributed by atoms with Crippen molar-refractivity contribution in [2.45, 2.75) is 29.8 Å². The Balaban J connectivity index is 1.86. The maximum atomic E-state index is 12.6. The molecule has 0 radical (unpaired) electrons.